The van der Waals surface area contributed by atoms with Crippen LogP contribution in [0.3, 0.4) is 0 Å². The van der Waals surface area contributed by atoms with Crippen molar-refractivity contribution in [1.29, 1.82) is 0 Å². The minimum Gasteiger partial charge on any atom is -0.480 e. The lowest BCUT2D eigenvalue weighted by Crippen LogP contribution is -2.32. The van der Waals surface area contributed by atoms with E-state index in [4.69, 9.17) is 15.7 Å². The number of hydrogen-bond donors (Lipinski definition) is 3. The summed E-state index contributed by atoms with van der Waals surface area (Å²) in [5, 5.41) is 8.30. The van der Waals surface area contributed by atoms with Crippen LogP contribution in [0, 0.1) is 0 Å². The van der Waals surface area contributed by atoms with Gasteiger partial charge in [-0.15, -0.1) is 0 Å². The average Bonchev–Trinajstić information content (AvgIpc) is 2.00. The van der Waals surface area contributed by atoms with Gasteiger partial charge in [0.05, 0.1) is 0 Å². The third kappa shape index (κ3) is 4.74. The van der Waals surface area contributed by atoms with Gasteiger partial charge in [-0.1, -0.05) is 0 Å². The first-order valence-corrected chi connectivity index (χ1v) is 6.07. The van der Waals surface area contributed by atoms with Crippen molar-refractivity contribution in [3.63, 3.8) is 0 Å². The van der Waals surface area contributed by atoms with Crippen molar-refractivity contribution >= 4 is 24.1 Å². The monoisotopic (exact) mass is 215 g/mol. The van der Waals surface area contributed by atoms with E-state index in [0.717, 1.165) is 7.11 Å². The highest BCUT2D eigenvalue weighted by atomic mass is 32.7. The maximum absolute atomic E-state index is 10.8. The lowest BCUT2D eigenvalue weighted by Gasteiger charge is -2.09. The number of carboxylic acid groups (broad SMARTS) is 1. The molecule has 8 heteroatoms. The second-order valence-electron chi connectivity index (χ2n) is 1.89. The fourth-order valence-electron chi connectivity index (χ4n) is 0.298. The first-order chi connectivity index (χ1) is 5.39. The number of nitrogens with two attached hydrogens (primary N) is 1. The van der Waals surface area contributed by atoms with Crippen LogP contribution in [0.1, 0.15) is 0 Å². The second-order valence-corrected chi connectivity index (χ2v) is 5.94. The predicted octanol–water partition coefficient (Wildman–Crippen LogP) is -0.122. The third-order valence-electron chi connectivity index (χ3n) is 0.965. The molecule has 0 saturated heterocycles. The molecule has 0 saturated carbocycles. The topological polar surface area (TPSA) is 110 Å². The highest BCUT2D eigenvalue weighted by Crippen LogP contribution is 2.54. The van der Waals surface area contributed by atoms with Crippen molar-refractivity contribution < 1.29 is 23.9 Å². The molecule has 12 heavy (non-hydrogen) atoms. The van der Waals surface area contributed by atoms with Gasteiger partial charge >= 0.3 is 12.8 Å². The number of carbonyl (C=O) groups is 1. The molecule has 1 unspecified atom stereocenters. The Labute approximate surface area is 73.4 Å². The van der Waals surface area contributed by atoms with Crippen LogP contribution >= 0.6 is 18.2 Å². The molecule has 0 radical (unpaired) electrons. The van der Waals surface area contributed by atoms with Crippen LogP contribution in [0.15, 0.2) is 0 Å². The summed E-state index contributed by atoms with van der Waals surface area (Å²) in [6.45, 7) is -3.69. The molecule has 0 fully saturated rings. The van der Waals surface area contributed by atoms with Gasteiger partial charge in [0, 0.05) is 12.9 Å². The Balaban J connectivity index is 3.83. The molecule has 72 valence electrons. The van der Waals surface area contributed by atoms with E-state index in [-0.39, 0.29) is 5.75 Å². The summed E-state index contributed by atoms with van der Waals surface area (Å²) >= 11 is 0.498. The molecule has 0 aliphatic carbocycles. The predicted molar refractivity (Wildman–Crippen MR) is 44.9 cm³/mol. The standard InChI is InChI=1S/C4H10NO5PS/c1-10-11(8,9)12-2-3(5)4(6)7/h3H,2,5H2,1H3,(H,6,7)(H,8,9)/t3-/m0/s1. The molecule has 0 spiro atoms. The lowest BCUT2D eigenvalue weighted by atomic mass is 10.4. The molecule has 0 aliphatic heterocycles. The zero-order valence-electron chi connectivity index (χ0n) is 6.34. The van der Waals surface area contributed by atoms with E-state index in [1.165, 1.54) is 0 Å². The quantitative estimate of drug-likeness (QED) is 0.548. The molecule has 0 aromatic heterocycles. The van der Waals surface area contributed by atoms with Gasteiger partial charge in [-0.25, -0.2) is 4.57 Å². The molecule has 2 atom stereocenters. The fraction of sp³-hybridized carbons (Fsp3) is 0.750. The Hall–Kier alpha value is -0.0700. The van der Waals surface area contributed by atoms with Gasteiger partial charge in [-0.05, 0) is 11.4 Å². The van der Waals surface area contributed by atoms with Gasteiger partial charge in [0.2, 0.25) is 0 Å². The summed E-state index contributed by atoms with van der Waals surface area (Å²) in [5.74, 6) is -1.37. The van der Waals surface area contributed by atoms with E-state index in [9.17, 15) is 9.36 Å². The first kappa shape index (κ1) is 11.9. The fourth-order valence-corrected chi connectivity index (χ4v) is 2.26. The molecular formula is C4H10NO5PS. The number of hydrogen-bond acceptors (Lipinski definition) is 5. The Morgan fingerprint density at radius 3 is 2.67 bits per heavy atom. The van der Waals surface area contributed by atoms with E-state index in [1.54, 1.807) is 0 Å². The Morgan fingerprint density at radius 1 is 1.83 bits per heavy atom. The number of aliphatic carboxylic acids is 1. The summed E-state index contributed by atoms with van der Waals surface area (Å²) in [6.07, 6.45) is 0. The number of rotatable bonds is 5. The van der Waals surface area contributed by atoms with Gasteiger partial charge in [-0.2, -0.15) is 0 Å². The third-order valence-corrected chi connectivity index (χ3v) is 4.13. The average molecular weight is 215 g/mol. The highest BCUT2D eigenvalue weighted by Gasteiger charge is 2.22. The van der Waals surface area contributed by atoms with Crippen molar-refractivity contribution in [3.8, 4) is 0 Å². The molecule has 0 aliphatic rings. The molecule has 0 amide bonds. The Kier molecular flexibility index (Phi) is 4.81. The summed E-state index contributed by atoms with van der Waals surface area (Å²) in [7, 11) is 1.07. The van der Waals surface area contributed by atoms with Crippen LogP contribution in [0.5, 0.6) is 0 Å². The van der Waals surface area contributed by atoms with Gasteiger partial charge in [0.25, 0.3) is 0 Å². The van der Waals surface area contributed by atoms with E-state index in [1.807, 2.05) is 0 Å². The smallest absolute Gasteiger partial charge is 0.386 e. The minimum atomic E-state index is -3.69. The van der Waals surface area contributed by atoms with Gasteiger partial charge in [0.1, 0.15) is 6.04 Å². The lowest BCUT2D eigenvalue weighted by molar-refractivity contribution is -0.137. The highest BCUT2D eigenvalue weighted by molar-refractivity contribution is 8.54. The molecule has 6 nitrogen and oxygen atoms in total. The van der Waals surface area contributed by atoms with Crippen LogP contribution < -0.4 is 5.73 Å². The molecular weight excluding hydrogens is 205 g/mol. The first-order valence-electron chi connectivity index (χ1n) is 2.90. The summed E-state index contributed by atoms with van der Waals surface area (Å²) in [6, 6.07) is -1.15. The normalized spacial score (nSPS) is 18.2. The van der Waals surface area contributed by atoms with E-state index < -0.39 is 18.8 Å². The molecule has 0 bridgehead atoms. The summed E-state index contributed by atoms with van der Waals surface area (Å²) < 4.78 is 15.0. The maximum Gasteiger partial charge on any atom is 0.386 e. The van der Waals surface area contributed by atoms with Crippen molar-refractivity contribution in [2.24, 2.45) is 5.73 Å². The van der Waals surface area contributed by atoms with Gasteiger partial charge < -0.3 is 20.3 Å². The number of carboxylic acids is 1. The van der Waals surface area contributed by atoms with Crippen molar-refractivity contribution in [2.45, 2.75) is 6.04 Å². The summed E-state index contributed by atoms with van der Waals surface area (Å²) in [5.41, 5.74) is 5.07. The molecule has 4 N–H and O–H groups in total. The molecule has 0 aromatic rings. The molecule has 0 aromatic carbocycles. The van der Waals surface area contributed by atoms with Crippen molar-refractivity contribution in [2.75, 3.05) is 12.9 Å². The molecule has 0 rings (SSSR count). The van der Waals surface area contributed by atoms with Crippen LogP contribution in [0.2, 0.25) is 0 Å². The van der Waals surface area contributed by atoms with Crippen molar-refractivity contribution in [1.82, 2.24) is 0 Å². The zero-order chi connectivity index (χ0) is 9.78. The van der Waals surface area contributed by atoms with E-state index in [0.29, 0.717) is 11.4 Å². The SMILES string of the molecule is COP(=O)(O)SC[C@H](N)C(=O)O. The Morgan fingerprint density at radius 2 is 2.33 bits per heavy atom. The van der Waals surface area contributed by atoms with Crippen LogP contribution in [0.4, 0.5) is 0 Å². The maximum atomic E-state index is 10.8. The summed E-state index contributed by atoms with van der Waals surface area (Å²) in [4.78, 5) is 19.0. The van der Waals surface area contributed by atoms with Gasteiger partial charge in [0.15, 0.2) is 0 Å². The van der Waals surface area contributed by atoms with Gasteiger partial charge in [-0.3, -0.25) is 4.79 Å². The Bertz CT molecular complexity index is 210. The van der Waals surface area contributed by atoms with Crippen LogP contribution in [-0.2, 0) is 13.9 Å². The van der Waals surface area contributed by atoms with E-state index >= 15 is 0 Å². The van der Waals surface area contributed by atoms with Crippen LogP contribution in [-0.4, -0.2) is 34.9 Å². The van der Waals surface area contributed by atoms with E-state index in [2.05, 4.69) is 4.52 Å². The molecule has 0 heterocycles. The van der Waals surface area contributed by atoms with Crippen molar-refractivity contribution in [3.05, 3.63) is 0 Å². The van der Waals surface area contributed by atoms with Crippen LogP contribution in [0.25, 0.3) is 0 Å². The minimum absolute atomic E-state index is 0.156. The second kappa shape index (κ2) is 4.84. The largest absolute Gasteiger partial charge is 0.480 e. The zero-order valence-corrected chi connectivity index (χ0v) is 8.05.